The van der Waals surface area contributed by atoms with Crippen LogP contribution in [0, 0.1) is 0 Å². The first-order valence-electron chi connectivity index (χ1n) is 5.83. The topological polar surface area (TPSA) is 108 Å². The lowest BCUT2D eigenvalue weighted by Gasteiger charge is -2.15. The minimum atomic E-state index is -0.807. The van der Waals surface area contributed by atoms with Gasteiger partial charge in [-0.25, -0.2) is 16.5 Å². The van der Waals surface area contributed by atoms with E-state index < -0.39 is 12.3 Å². The van der Waals surface area contributed by atoms with Crippen molar-refractivity contribution in [1.82, 2.24) is 5.12 Å². The van der Waals surface area contributed by atoms with Crippen molar-refractivity contribution in [2.45, 2.75) is 58.1 Å². The Hall–Kier alpha value is -0.850. The van der Waals surface area contributed by atoms with Crippen molar-refractivity contribution >= 4 is 6.09 Å². The van der Waals surface area contributed by atoms with Gasteiger partial charge in [0, 0.05) is 0 Å². The van der Waals surface area contributed by atoms with Crippen LogP contribution in [0.4, 0.5) is 4.79 Å². The van der Waals surface area contributed by atoms with Gasteiger partial charge in [-0.15, -0.1) is 0 Å². The quantitative estimate of drug-likeness (QED) is 0.192. The maximum atomic E-state index is 10.9. The Morgan fingerprint density at radius 3 is 2.31 bits per heavy atom. The second kappa shape index (κ2) is 9.38. The van der Waals surface area contributed by atoms with E-state index in [1.165, 1.54) is 25.7 Å². The number of ether oxygens (including phenoxy) is 1. The van der Waals surface area contributed by atoms with Crippen LogP contribution >= 0.6 is 0 Å². The number of amides is 1. The molecule has 16 heavy (non-hydrogen) atoms. The van der Waals surface area contributed by atoms with E-state index in [1.54, 1.807) is 0 Å². The third-order valence-corrected chi connectivity index (χ3v) is 2.31. The van der Waals surface area contributed by atoms with E-state index in [4.69, 9.17) is 22.2 Å². The van der Waals surface area contributed by atoms with Crippen LogP contribution in [0.25, 0.3) is 0 Å². The Labute approximate surface area is 97.0 Å². The first-order chi connectivity index (χ1) is 7.57. The van der Waals surface area contributed by atoms with Gasteiger partial charge in [0.2, 0.25) is 0 Å². The standard InChI is InChI=1S/C10H24N4O2/c1-2-3-4-5-6-7-8-9(11)16-10(15)14(12)13/h9H,2-8,11-13H2,1H3. The predicted molar refractivity (Wildman–Crippen MR) is 62.7 cm³/mol. The van der Waals surface area contributed by atoms with Crippen molar-refractivity contribution in [3.05, 3.63) is 0 Å². The number of nitrogens with two attached hydrogens (primary N) is 3. The number of carbonyl (C=O) groups is 1. The molecule has 0 aromatic heterocycles. The molecule has 0 saturated heterocycles. The molecular weight excluding hydrogens is 208 g/mol. The van der Waals surface area contributed by atoms with Crippen LogP contribution in [0.5, 0.6) is 0 Å². The molecule has 0 saturated carbocycles. The fraction of sp³-hybridized carbons (Fsp3) is 0.900. The largest absolute Gasteiger partial charge is 0.440 e. The number of hydrogen-bond donors (Lipinski definition) is 3. The summed E-state index contributed by atoms with van der Waals surface area (Å²) in [6.45, 7) is 2.18. The lowest BCUT2D eigenvalue weighted by Crippen LogP contribution is -2.46. The number of hydrogen-bond acceptors (Lipinski definition) is 5. The average Bonchev–Trinajstić information content (AvgIpc) is 2.23. The predicted octanol–water partition coefficient (Wildman–Crippen LogP) is 1.21. The summed E-state index contributed by atoms with van der Waals surface area (Å²) >= 11 is 0. The van der Waals surface area contributed by atoms with Crippen molar-refractivity contribution in [3.8, 4) is 0 Å². The molecule has 6 heteroatoms. The third-order valence-electron chi connectivity index (χ3n) is 2.31. The van der Waals surface area contributed by atoms with Gasteiger partial charge in [0.15, 0.2) is 6.23 Å². The number of rotatable bonds is 8. The van der Waals surface area contributed by atoms with E-state index >= 15 is 0 Å². The van der Waals surface area contributed by atoms with Gasteiger partial charge in [0.1, 0.15) is 0 Å². The molecule has 6 nitrogen and oxygen atoms in total. The normalized spacial score (nSPS) is 12.2. The number of carbonyl (C=O) groups excluding carboxylic acids is 1. The zero-order chi connectivity index (χ0) is 12.4. The molecule has 96 valence electrons. The molecule has 0 rings (SSSR count). The van der Waals surface area contributed by atoms with Crippen molar-refractivity contribution in [3.63, 3.8) is 0 Å². The van der Waals surface area contributed by atoms with Gasteiger partial charge >= 0.3 is 6.09 Å². The molecular formula is C10H24N4O2. The fourth-order valence-electron chi connectivity index (χ4n) is 1.38. The number of hydrazine groups is 2. The van der Waals surface area contributed by atoms with Gasteiger partial charge in [0.05, 0.1) is 0 Å². The summed E-state index contributed by atoms with van der Waals surface area (Å²) in [5, 5.41) is 0.390. The molecule has 0 aliphatic rings. The number of unbranched alkanes of at least 4 members (excludes halogenated alkanes) is 5. The van der Waals surface area contributed by atoms with Gasteiger partial charge in [-0.05, 0) is 12.8 Å². The van der Waals surface area contributed by atoms with Crippen LogP contribution in [-0.2, 0) is 4.74 Å². The van der Waals surface area contributed by atoms with Crippen LogP contribution in [0.1, 0.15) is 51.9 Å². The Morgan fingerprint density at radius 1 is 1.19 bits per heavy atom. The zero-order valence-electron chi connectivity index (χ0n) is 10.0. The van der Waals surface area contributed by atoms with E-state index in [-0.39, 0.29) is 0 Å². The molecule has 0 aromatic carbocycles. The van der Waals surface area contributed by atoms with Gasteiger partial charge < -0.3 is 4.74 Å². The maximum Gasteiger partial charge on any atom is 0.440 e. The van der Waals surface area contributed by atoms with Crippen molar-refractivity contribution < 1.29 is 9.53 Å². The second-order valence-electron chi connectivity index (χ2n) is 3.89. The SMILES string of the molecule is CCCCCCCCC(N)OC(=O)N(N)N. The van der Waals surface area contributed by atoms with E-state index in [0.29, 0.717) is 11.5 Å². The lowest BCUT2D eigenvalue weighted by atomic mass is 10.1. The van der Waals surface area contributed by atoms with Gasteiger partial charge in [-0.1, -0.05) is 39.0 Å². The van der Waals surface area contributed by atoms with E-state index in [9.17, 15) is 4.79 Å². The second-order valence-corrected chi connectivity index (χ2v) is 3.89. The molecule has 0 aliphatic carbocycles. The van der Waals surface area contributed by atoms with Gasteiger partial charge in [0.25, 0.3) is 0 Å². The first kappa shape index (κ1) is 15.2. The monoisotopic (exact) mass is 232 g/mol. The highest BCUT2D eigenvalue weighted by atomic mass is 16.6. The molecule has 0 heterocycles. The first-order valence-corrected chi connectivity index (χ1v) is 5.83. The molecule has 0 fully saturated rings. The van der Waals surface area contributed by atoms with Gasteiger partial charge in [-0.2, -0.15) is 5.12 Å². The molecule has 0 spiro atoms. The molecule has 1 unspecified atom stereocenters. The van der Waals surface area contributed by atoms with E-state index in [0.717, 1.165) is 12.8 Å². The molecule has 6 N–H and O–H groups in total. The summed E-state index contributed by atoms with van der Waals surface area (Å²) in [5.74, 6) is 9.95. The van der Waals surface area contributed by atoms with Crippen molar-refractivity contribution in [2.75, 3.05) is 0 Å². The molecule has 0 aliphatic heterocycles. The summed E-state index contributed by atoms with van der Waals surface area (Å²) < 4.78 is 4.75. The van der Waals surface area contributed by atoms with Gasteiger partial charge in [-0.3, -0.25) is 5.73 Å². The third kappa shape index (κ3) is 8.46. The van der Waals surface area contributed by atoms with Crippen LogP contribution in [0.3, 0.4) is 0 Å². The van der Waals surface area contributed by atoms with Crippen molar-refractivity contribution in [1.29, 1.82) is 0 Å². The Kier molecular flexibility index (Phi) is 8.88. The number of nitrogens with zero attached hydrogens (tertiary/aromatic N) is 1. The van der Waals surface area contributed by atoms with Crippen LogP contribution in [0.15, 0.2) is 0 Å². The summed E-state index contributed by atoms with van der Waals surface area (Å²) in [6, 6.07) is 0. The maximum absolute atomic E-state index is 10.9. The molecule has 1 atom stereocenters. The molecule has 0 radical (unpaired) electrons. The van der Waals surface area contributed by atoms with E-state index in [2.05, 4.69) is 6.92 Å². The lowest BCUT2D eigenvalue weighted by molar-refractivity contribution is 0.0602. The average molecular weight is 232 g/mol. The molecule has 0 aromatic rings. The van der Waals surface area contributed by atoms with Crippen LogP contribution in [-0.4, -0.2) is 17.4 Å². The summed E-state index contributed by atoms with van der Waals surface area (Å²) in [7, 11) is 0. The van der Waals surface area contributed by atoms with Crippen molar-refractivity contribution in [2.24, 2.45) is 17.4 Å². The fourth-order valence-corrected chi connectivity index (χ4v) is 1.38. The highest BCUT2D eigenvalue weighted by Crippen LogP contribution is 2.08. The molecule has 0 bridgehead atoms. The van der Waals surface area contributed by atoms with Crippen LogP contribution < -0.4 is 17.4 Å². The Balaban J connectivity index is 3.37. The van der Waals surface area contributed by atoms with Crippen LogP contribution in [0.2, 0.25) is 0 Å². The highest BCUT2D eigenvalue weighted by Gasteiger charge is 2.11. The summed E-state index contributed by atoms with van der Waals surface area (Å²) in [5.41, 5.74) is 5.57. The summed E-state index contributed by atoms with van der Waals surface area (Å²) in [6.07, 6.45) is 6.25. The smallest absolute Gasteiger partial charge is 0.429 e. The highest BCUT2D eigenvalue weighted by molar-refractivity contribution is 5.66. The zero-order valence-corrected chi connectivity index (χ0v) is 10.0. The summed E-state index contributed by atoms with van der Waals surface area (Å²) in [4.78, 5) is 10.9. The minimum absolute atomic E-state index is 0.390. The Morgan fingerprint density at radius 2 is 1.75 bits per heavy atom. The minimum Gasteiger partial charge on any atom is -0.429 e. The Bertz CT molecular complexity index is 188. The van der Waals surface area contributed by atoms with E-state index in [1.807, 2.05) is 0 Å². The molecule has 1 amide bonds.